The van der Waals surface area contributed by atoms with Crippen LogP contribution in [0.5, 0.6) is 0 Å². The molecular formula is C6H18N6O8+2. The average molecular weight is 302 g/mol. The van der Waals surface area contributed by atoms with Gasteiger partial charge in [0, 0.05) is 6.42 Å². The van der Waals surface area contributed by atoms with Gasteiger partial charge in [-0.1, -0.05) is 0 Å². The molecule has 0 amide bonds. The van der Waals surface area contributed by atoms with E-state index < -0.39 is 22.2 Å². The second-order valence-corrected chi connectivity index (χ2v) is 3.04. The Balaban J connectivity index is -0.000000297. The lowest BCUT2D eigenvalue weighted by Gasteiger charge is -1.99. The molecule has 0 aliphatic rings. The van der Waals surface area contributed by atoms with E-state index in [0.717, 1.165) is 0 Å². The molecule has 1 atom stereocenters. The summed E-state index contributed by atoms with van der Waals surface area (Å²) in [7, 11) is 0. The normalized spacial score (nSPS) is 9.65. The van der Waals surface area contributed by atoms with Crippen LogP contribution in [0.15, 0.2) is 0 Å². The summed E-state index contributed by atoms with van der Waals surface area (Å²) in [5.41, 5.74) is 13.7. The van der Waals surface area contributed by atoms with Gasteiger partial charge in [0.2, 0.25) is 0 Å². The number of aliphatic carboxylic acids is 1. The molecule has 0 aromatic carbocycles. The van der Waals surface area contributed by atoms with E-state index in [-0.39, 0.29) is 5.96 Å². The van der Waals surface area contributed by atoms with E-state index in [1.807, 2.05) is 0 Å². The molecule has 14 heteroatoms. The Labute approximate surface area is 111 Å². The Bertz CT molecular complexity index is 309. The fourth-order valence-corrected chi connectivity index (χ4v) is 0.705. The standard InChI is InChI=1S/C6H14N4O2.2HNO3/c7-4(5(11)12)2-1-3-10-6(8)9;2*2-1(3)4/h4H,1-3,7H2,(H,11,12)(H4,8,9,10);2*(H,2,3,4)/p+2/t4-;;/m0../s1. The largest absolute Gasteiger partial charge is 0.477 e. The minimum atomic E-state index is -1.50. The molecule has 11 N–H and O–H groups in total. The summed E-state index contributed by atoms with van der Waals surface area (Å²) in [6.07, 6.45) is 1.22. The summed E-state index contributed by atoms with van der Waals surface area (Å²) in [4.78, 5) is 29.7. The van der Waals surface area contributed by atoms with Gasteiger partial charge >= 0.3 is 11.9 Å². The molecule has 0 aliphatic heterocycles. The highest BCUT2D eigenvalue weighted by molar-refractivity contribution is 5.71. The second-order valence-electron chi connectivity index (χ2n) is 3.04. The molecule has 118 valence electrons. The van der Waals surface area contributed by atoms with Gasteiger partial charge in [-0.05, 0) is 6.42 Å². The van der Waals surface area contributed by atoms with E-state index in [2.05, 4.69) is 10.7 Å². The molecule has 0 bridgehead atoms. The van der Waals surface area contributed by atoms with Crippen LogP contribution in [0.3, 0.4) is 0 Å². The van der Waals surface area contributed by atoms with Crippen LogP contribution in [0.4, 0.5) is 0 Å². The lowest BCUT2D eigenvalue weighted by Crippen LogP contribution is -2.78. The van der Waals surface area contributed by atoms with Crippen molar-refractivity contribution in [1.29, 1.82) is 0 Å². The van der Waals surface area contributed by atoms with Gasteiger partial charge in [0.05, 0.1) is 6.54 Å². The molecule has 14 nitrogen and oxygen atoms in total. The zero-order valence-electron chi connectivity index (χ0n) is 10.3. The number of nitrogens with zero attached hydrogens (tertiary/aromatic N) is 2. The fourth-order valence-electron chi connectivity index (χ4n) is 0.705. The van der Waals surface area contributed by atoms with Crippen LogP contribution in [-0.2, 0) is 4.79 Å². The summed E-state index contributed by atoms with van der Waals surface area (Å²) in [6.45, 7) is 0.585. The van der Waals surface area contributed by atoms with Gasteiger partial charge in [0.1, 0.15) is 0 Å². The Morgan fingerprint density at radius 2 is 1.60 bits per heavy atom. The van der Waals surface area contributed by atoms with Crippen LogP contribution < -0.4 is 22.2 Å². The summed E-state index contributed by atoms with van der Waals surface area (Å²) in [5, 5.41) is 35.7. The molecule has 0 aromatic rings. The summed E-state index contributed by atoms with van der Waals surface area (Å²) >= 11 is 0. The third kappa shape index (κ3) is 45.8. The van der Waals surface area contributed by atoms with Crippen molar-refractivity contribution in [2.45, 2.75) is 18.9 Å². The highest BCUT2D eigenvalue weighted by atomic mass is 16.9. The number of nitrogens with one attached hydrogen (secondary N) is 1. The zero-order chi connectivity index (χ0) is 16.7. The summed E-state index contributed by atoms with van der Waals surface area (Å²) < 4.78 is 0. The van der Waals surface area contributed by atoms with Gasteiger partial charge in [-0.15, -0.1) is 20.2 Å². The molecule has 0 unspecified atom stereocenters. The number of carboxylic acids is 1. The fraction of sp³-hybridized carbons (Fsp3) is 0.667. The van der Waals surface area contributed by atoms with Gasteiger partial charge in [-0.3, -0.25) is 16.5 Å². The Morgan fingerprint density at radius 3 is 1.85 bits per heavy atom. The Hall–Kier alpha value is -2.90. The zero-order valence-corrected chi connectivity index (χ0v) is 10.3. The van der Waals surface area contributed by atoms with Crippen molar-refractivity contribution in [1.82, 2.24) is 0 Å². The number of rotatable bonds is 5. The third-order valence-electron chi connectivity index (χ3n) is 1.41. The second kappa shape index (κ2) is 14.2. The van der Waals surface area contributed by atoms with Crippen LogP contribution in [-0.4, -0.2) is 50.2 Å². The first-order valence-corrected chi connectivity index (χ1v) is 4.84. The topological polar surface area (TPSA) is 258 Å². The van der Waals surface area contributed by atoms with E-state index >= 15 is 0 Å². The lowest BCUT2D eigenvalue weighted by atomic mass is 10.2. The first-order chi connectivity index (χ1) is 9.00. The maximum absolute atomic E-state index is 10.3. The molecule has 0 radical (unpaired) electrons. The maximum atomic E-state index is 10.3. The van der Waals surface area contributed by atoms with Crippen LogP contribution in [0.25, 0.3) is 0 Å². The smallest absolute Gasteiger partial charge is 0.362 e. The van der Waals surface area contributed by atoms with Crippen molar-refractivity contribution >= 4 is 11.9 Å². The van der Waals surface area contributed by atoms with Crippen LogP contribution in [0.2, 0.25) is 0 Å². The third-order valence-corrected chi connectivity index (χ3v) is 1.41. The first-order valence-electron chi connectivity index (χ1n) is 4.84. The van der Waals surface area contributed by atoms with E-state index in [1.54, 1.807) is 0 Å². The SMILES string of the molecule is NC(N)=[NH+]CCC[C@H]([NH3+])C(=O)O.O=[N+]([O-])O.O=[N+]([O-])O. The number of hydrogen-bond donors (Lipinski definition) is 7. The number of carbonyl (C=O) groups is 1. The number of hydrogen-bond acceptors (Lipinski definition) is 5. The number of quaternary nitrogens is 1. The molecule has 0 fully saturated rings. The molecular weight excluding hydrogens is 284 g/mol. The molecule has 20 heavy (non-hydrogen) atoms. The van der Waals surface area contributed by atoms with E-state index in [4.69, 9.17) is 47.2 Å². The summed E-state index contributed by atoms with van der Waals surface area (Å²) in [5.74, 6) is -0.717. The molecule has 0 aromatic heterocycles. The quantitative estimate of drug-likeness (QED) is 0.0836. The van der Waals surface area contributed by atoms with Crippen molar-refractivity contribution in [3.63, 3.8) is 0 Å². The molecule has 0 saturated heterocycles. The molecule has 0 heterocycles. The van der Waals surface area contributed by atoms with E-state index in [9.17, 15) is 4.79 Å². The van der Waals surface area contributed by atoms with Gasteiger partial charge < -0.3 is 21.3 Å². The predicted octanol–water partition coefficient (Wildman–Crippen LogP) is -4.88. The number of carboxylic acid groups (broad SMARTS) is 1. The van der Waals surface area contributed by atoms with E-state index in [0.29, 0.717) is 19.4 Å². The lowest BCUT2D eigenvalue weighted by molar-refractivity contribution is -0.742. The van der Waals surface area contributed by atoms with Crippen molar-refractivity contribution < 1.29 is 41.2 Å². The van der Waals surface area contributed by atoms with Gasteiger partial charge in [0.25, 0.3) is 10.2 Å². The first kappa shape index (κ1) is 22.3. The minimum Gasteiger partial charge on any atom is -0.477 e. The van der Waals surface area contributed by atoms with Crippen molar-refractivity contribution in [2.24, 2.45) is 11.5 Å². The van der Waals surface area contributed by atoms with Crippen LogP contribution >= 0.6 is 0 Å². The maximum Gasteiger partial charge on any atom is 0.362 e. The van der Waals surface area contributed by atoms with Gasteiger partial charge in [0.15, 0.2) is 6.04 Å². The van der Waals surface area contributed by atoms with Crippen molar-refractivity contribution in [3.05, 3.63) is 20.2 Å². The summed E-state index contributed by atoms with van der Waals surface area (Å²) in [6, 6.07) is -0.550. The molecule has 0 spiro atoms. The van der Waals surface area contributed by atoms with Crippen LogP contribution in [0, 0.1) is 20.2 Å². The van der Waals surface area contributed by atoms with E-state index in [1.165, 1.54) is 0 Å². The Morgan fingerprint density at radius 1 is 1.25 bits per heavy atom. The van der Waals surface area contributed by atoms with Crippen molar-refractivity contribution in [2.75, 3.05) is 6.54 Å². The van der Waals surface area contributed by atoms with Crippen molar-refractivity contribution in [3.8, 4) is 0 Å². The molecule has 0 rings (SSSR count). The average Bonchev–Trinajstić information content (AvgIpc) is 2.21. The highest BCUT2D eigenvalue weighted by Crippen LogP contribution is 1.88. The molecule has 0 saturated carbocycles. The monoisotopic (exact) mass is 302 g/mol. The predicted molar refractivity (Wildman–Crippen MR) is 60.3 cm³/mol. The number of guanidine groups is 1. The van der Waals surface area contributed by atoms with Gasteiger partial charge in [-0.2, -0.15) is 0 Å². The Kier molecular flexibility index (Phi) is 15.8. The van der Waals surface area contributed by atoms with Crippen LogP contribution in [0.1, 0.15) is 12.8 Å². The highest BCUT2D eigenvalue weighted by Gasteiger charge is 2.13. The van der Waals surface area contributed by atoms with Gasteiger partial charge in [-0.25, -0.2) is 4.79 Å². The molecule has 0 aliphatic carbocycles. The minimum absolute atomic E-state index is 0.158. The number of nitrogens with two attached hydrogens (primary N) is 2.